The predicted octanol–water partition coefficient (Wildman–Crippen LogP) is 9.19. The van der Waals surface area contributed by atoms with Crippen LogP contribution in [0.2, 0.25) is 0 Å². The Bertz CT molecular complexity index is 2130. The minimum atomic E-state index is -4.59. The molecule has 8 heteroatoms. The van der Waals surface area contributed by atoms with Gasteiger partial charge in [0.15, 0.2) is 0 Å². The largest absolute Gasteiger partial charge is 0.416 e. The Morgan fingerprint density at radius 3 is 1.76 bits per heavy atom. The van der Waals surface area contributed by atoms with Crippen LogP contribution in [0.5, 0.6) is 0 Å². The maximum atomic E-state index is 14.5. The van der Waals surface area contributed by atoms with Gasteiger partial charge in [0.1, 0.15) is 0 Å². The van der Waals surface area contributed by atoms with Gasteiger partial charge in [-0.05, 0) is 52.6 Å². The number of rotatable bonds is 4. The van der Waals surface area contributed by atoms with Gasteiger partial charge >= 0.3 is 6.18 Å². The summed E-state index contributed by atoms with van der Waals surface area (Å²) in [5.74, 6) is 0.140. The summed E-state index contributed by atoms with van der Waals surface area (Å²) in [5.41, 5.74) is 6.25. The molecular formula is C38H27F3N2O2S. The molecule has 0 aromatic heterocycles. The fraction of sp³-hybridized carbons (Fsp3) is 0.105. The predicted molar refractivity (Wildman–Crippen MR) is 173 cm³/mol. The SMILES string of the molecule is O=S(=O)(c1ccc(C(F)(F)F)cc1)N1C=C(c2ccccc2)N2C(c3ccccc3)=CC3c4ccccc4C3C2c2ccccc21. The van der Waals surface area contributed by atoms with E-state index in [1.54, 1.807) is 18.3 Å². The second-order valence-electron chi connectivity index (χ2n) is 11.7. The van der Waals surface area contributed by atoms with Gasteiger partial charge in [0.25, 0.3) is 10.0 Å². The maximum absolute atomic E-state index is 14.5. The quantitative estimate of drug-likeness (QED) is 0.198. The van der Waals surface area contributed by atoms with Gasteiger partial charge in [0.2, 0.25) is 0 Å². The number of hydrogen-bond acceptors (Lipinski definition) is 3. The monoisotopic (exact) mass is 632 g/mol. The van der Waals surface area contributed by atoms with Crippen molar-refractivity contribution >= 4 is 27.1 Å². The summed E-state index contributed by atoms with van der Waals surface area (Å²) in [6.45, 7) is 0. The van der Waals surface area contributed by atoms with Gasteiger partial charge in [0, 0.05) is 29.3 Å². The third-order valence-electron chi connectivity index (χ3n) is 9.19. The lowest BCUT2D eigenvalue weighted by Crippen LogP contribution is -2.41. The summed E-state index contributed by atoms with van der Waals surface area (Å²) >= 11 is 0. The summed E-state index contributed by atoms with van der Waals surface area (Å²) < 4.78 is 70.5. The van der Waals surface area contributed by atoms with E-state index in [1.807, 2.05) is 72.8 Å². The van der Waals surface area contributed by atoms with Gasteiger partial charge in [-0.3, -0.25) is 0 Å². The molecule has 0 radical (unpaired) electrons. The molecule has 46 heavy (non-hydrogen) atoms. The Hall–Kier alpha value is -5.08. The maximum Gasteiger partial charge on any atom is 0.416 e. The number of benzene rings is 5. The lowest BCUT2D eigenvalue weighted by molar-refractivity contribution is -0.137. The summed E-state index contributed by atoms with van der Waals surface area (Å²) in [6.07, 6.45) is -0.669. The third kappa shape index (κ3) is 4.39. The number of allylic oxidation sites excluding steroid dienone is 1. The van der Waals surface area contributed by atoms with Gasteiger partial charge < -0.3 is 4.90 Å². The number of para-hydroxylation sites is 1. The van der Waals surface area contributed by atoms with Crippen LogP contribution in [0.1, 0.15) is 51.3 Å². The number of sulfonamides is 1. The molecule has 0 saturated carbocycles. The second kappa shape index (κ2) is 10.5. The molecule has 5 aromatic rings. The highest BCUT2D eigenvalue weighted by Crippen LogP contribution is 2.63. The van der Waals surface area contributed by atoms with Crippen LogP contribution in [0.25, 0.3) is 11.4 Å². The van der Waals surface area contributed by atoms with Crippen molar-refractivity contribution in [2.45, 2.75) is 28.9 Å². The smallest absolute Gasteiger partial charge is 0.331 e. The highest BCUT2D eigenvalue weighted by atomic mass is 32.2. The first kappa shape index (κ1) is 28.4. The number of hydrogen-bond donors (Lipinski definition) is 0. The van der Waals surface area contributed by atoms with E-state index < -0.39 is 21.8 Å². The van der Waals surface area contributed by atoms with Crippen LogP contribution in [-0.2, 0) is 16.2 Å². The fourth-order valence-corrected chi connectivity index (χ4v) is 8.49. The van der Waals surface area contributed by atoms with Crippen molar-refractivity contribution in [3.05, 3.63) is 179 Å². The molecule has 0 N–H and O–H groups in total. The normalized spacial score (nSPS) is 20.2. The summed E-state index contributed by atoms with van der Waals surface area (Å²) in [5, 5.41) is 0. The summed E-state index contributed by atoms with van der Waals surface area (Å²) in [4.78, 5) is 2.02. The average Bonchev–Trinajstić information content (AvgIpc) is 3.22. The Kier molecular flexibility index (Phi) is 6.48. The number of halogens is 3. The molecule has 0 spiro atoms. The number of fused-ring (bicyclic) bond motifs is 8. The van der Waals surface area contributed by atoms with Crippen LogP contribution >= 0.6 is 0 Å². The molecule has 0 amide bonds. The van der Waals surface area contributed by atoms with E-state index >= 15 is 0 Å². The zero-order chi connectivity index (χ0) is 31.6. The molecule has 2 aliphatic heterocycles. The average molecular weight is 633 g/mol. The van der Waals surface area contributed by atoms with Crippen LogP contribution in [0.15, 0.2) is 151 Å². The molecule has 4 nitrogen and oxygen atoms in total. The molecule has 3 atom stereocenters. The molecule has 8 rings (SSSR count). The van der Waals surface area contributed by atoms with Crippen molar-refractivity contribution in [1.29, 1.82) is 0 Å². The zero-order valence-corrected chi connectivity index (χ0v) is 25.2. The second-order valence-corrected chi connectivity index (χ2v) is 13.5. The lowest BCUT2D eigenvalue weighted by atomic mass is 9.61. The van der Waals surface area contributed by atoms with E-state index in [-0.39, 0.29) is 22.8 Å². The van der Waals surface area contributed by atoms with E-state index in [0.29, 0.717) is 11.4 Å². The highest BCUT2D eigenvalue weighted by Gasteiger charge is 2.51. The van der Waals surface area contributed by atoms with Crippen molar-refractivity contribution in [3.63, 3.8) is 0 Å². The van der Waals surface area contributed by atoms with E-state index in [9.17, 15) is 21.6 Å². The van der Waals surface area contributed by atoms with E-state index in [1.165, 1.54) is 15.4 Å². The Morgan fingerprint density at radius 2 is 1.13 bits per heavy atom. The standard InChI is InChI=1S/C38H27F3N2O2S/c39-38(40,41)27-19-21-28(22-20-27)46(44,45)42-24-35(26-13-5-2-6-14-26)43-34(25-11-3-1-4-12-25)23-32-29-15-7-8-16-30(29)36(32)37(43)31-17-9-10-18-33(31)42/h1-24,32,36-37H. The number of nitrogens with zero attached hydrogens (tertiary/aromatic N) is 2. The van der Waals surface area contributed by atoms with Crippen LogP contribution < -0.4 is 4.31 Å². The molecule has 2 heterocycles. The van der Waals surface area contributed by atoms with Crippen molar-refractivity contribution in [3.8, 4) is 0 Å². The van der Waals surface area contributed by atoms with Gasteiger partial charge in [-0.2, -0.15) is 13.2 Å². The van der Waals surface area contributed by atoms with Gasteiger partial charge in [-0.25, -0.2) is 12.7 Å². The van der Waals surface area contributed by atoms with Crippen molar-refractivity contribution < 1.29 is 21.6 Å². The van der Waals surface area contributed by atoms with Crippen molar-refractivity contribution in [2.75, 3.05) is 4.31 Å². The van der Waals surface area contributed by atoms with Crippen LogP contribution in [0, 0.1) is 0 Å². The minimum Gasteiger partial charge on any atom is -0.331 e. The van der Waals surface area contributed by atoms with E-state index in [0.717, 1.165) is 46.7 Å². The molecule has 3 aliphatic rings. The van der Waals surface area contributed by atoms with Gasteiger partial charge in [0.05, 0.1) is 27.9 Å². The Morgan fingerprint density at radius 1 is 0.587 bits per heavy atom. The first-order valence-corrected chi connectivity index (χ1v) is 16.4. The molecule has 0 fully saturated rings. The molecule has 3 unspecified atom stereocenters. The first-order chi connectivity index (χ1) is 22.2. The van der Waals surface area contributed by atoms with Gasteiger partial charge in [-0.1, -0.05) is 109 Å². The third-order valence-corrected chi connectivity index (χ3v) is 10.9. The first-order valence-electron chi connectivity index (χ1n) is 15.0. The topological polar surface area (TPSA) is 40.6 Å². The van der Waals surface area contributed by atoms with Crippen LogP contribution in [-0.4, -0.2) is 13.3 Å². The molecular weight excluding hydrogens is 605 g/mol. The van der Waals surface area contributed by atoms with E-state index in [4.69, 9.17) is 0 Å². The zero-order valence-electron chi connectivity index (χ0n) is 24.3. The molecule has 0 bridgehead atoms. The van der Waals surface area contributed by atoms with Crippen molar-refractivity contribution in [2.24, 2.45) is 0 Å². The molecule has 0 saturated heterocycles. The molecule has 228 valence electrons. The number of anilines is 1. The molecule has 1 aliphatic carbocycles. The van der Waals surface area contributed by atoms with Gasteiger partial charge in [-0.15, -0.1) is 0 Å². The summed E-state index contributed by atoms with van der Waals surface area (Å²) in [7, 11) is -4.36. The van der Waals surface area contributed by atoms with Crippen LogP contribution in [0.4, 0.5) is 18.9 Å². The van der Waals surface area contributed by atoms with Crippen molar-refractivity contribution in [1.82, 2.24) is 4.90 Å². The summed E-state index contributed by atoms with van der Waals surface area (Å²) in [6, 6.07) is 38.9. The fourth-order valence-electron chi connectivity index (χ4n) is 7.12. The van der Waals surface area contributed by atoms with E-state index in [2.05, 4.69) is 35.2 Å². The highest BCUT2D eigenvalue weighted by molar-refractivity contribution is 7.93. The number of alkyl halides is 3. The van der Waals surface area contributed by atoms with Crippen LogP contribution in [0.3, 0.4) is 0 Å². The lowest BCUT2D eigenvalue weighted by Gasteiger charge is -2.52. The Labute approximate surface area is 265 Å². The minimum absolute atomic E-state index is 0.0330. The Balaban J connectivity index is 1.41. The molecule has 5 aromatic carbocycles.